The van der Waals surface area contributed by atoms with Gasteiger partial charge in [0.2, 0.25) is 0 Å². The minimum absolute atomic E-state index is 0.0833. The number of aryl methyl sites for hydroxylation is 2. The molecule has 1 N–H and O–H groups in total. The molecule has 0 bridgehead atoms. The monoisotopic (exact) mass is 529 g/mol. The van der Waals surface area contributed by atoms with Crippen molar-refractivity contribution >= 4 is 16.6 Å². The third-order valence-electron chi connectivity index (χ3n) is 7.96. The summed E-state index contributed by atoms with van der Waals surface area (Å²) < 4.78 is 13.0. The number of tetrazole rings is 1. The van der Waals surface area contributed by atoms with Crippen molar-refractivity contribution < 1.29 is 9.47 Å². The number of rotatable bonds is 7. The van der Waals surface area contributed by atoms with E-state index in [1.54, 1.807) is 7.11 Å². The van der Waals surface area contributed by atoms with Crippen LogP contribution in [0.3, 0.4) is 0 Å². The van der Waals surface area contributed by atoms with Gasteiger partial charge in [0.25, 0.3) is 5.56 Å². The van der Waals surface area contributed by atoms with E-state index in [1.165, 1.54) is 0 Å². The van der Waals surface area contributed by atoms with Gasteiger partial charge in [-0.1, -0.05) is 6.07 Å². The zero-order valence-electron chi connectivity index (χ0n) is 22.8. The number of piperazine rings is 1. The van der Waals surface area contributed by atoms with Crippen molar-refractivity contribution in [3.8, 4) is 5.75 Å². The Hall–Kier alpha value is -3.76. The lowest BCUT2D eigenvalue weighted by molar-refractivity contribution is 0.0906. The summed E-state index contributed by atoms with van der Waals surface area (Å²) in [6.07, 6.45) is 2.11. The number of nitrogens with zero attached hydrogens (tertiary/aromatic N) is 6. The second-order valence-corrected chi connectivity index (χ2v) is 10.6. The van der Waals surface area contributed by atoms with Gasteiger partial charge in [-0.25, -0.2) is 4.68 Å². The number of aromatic nitrogens is 5. The number of methoxy groups -OCH3 is 1. The SMILES string of the molecule is COc1ccc(N2CCN([C@H](c3cc4c(C)cc(C)cc4[nH]c3=O)c3nnnn3C[C@H]3CCCO3)CC2)cc1. The van der Waals surface area contributed by atoms with Gasteiger partial charge in [0, 0.05) is 54.9 Å². The van der Waals surface area contributed by atoms with E-state index in [2.05, 4.69) is 55.4 Å². The van der Waals surface area contributed by atoms with Crippen LogP contribution in [-0.2, 0) is 11.3 Å². The predicted octanol–water partition coefficient (Wildman–Crippen LogP) is 3.23. The number of ether oxygens (including phenoxy) is 2. The van der Waals surface area contributed by atoms with E-state index >= 15 is 0 Å². The first kappa shape index (κ1) is 25.5. The van der Waals surface area contributed by atoms with Crippen LogP contribution in [0.1, 0.15) is 41.4 Å². The Morgan fingerprint density at radius 2 is 1.90 bits per heavy atom. The summed E-state index contributed by atoms with van der Waals surface area (Å²) >= 11 is 0. The molecule has 4 heterocycles. The van der Waals surface area contributed by atoms with Crippen molar-refractivity contribution in [2.45, 2.75) is 45.4 Å². The highest BCUT2D eigenvalue weighted by atomic mass is 16.5. The maximum absolute atomic E-state index is 13.6. The molecule has 0 saturated carbocycles. The maximum atomic E-state index is 13.6. The number of fused-ring (bicyclic) bond motifs is 1. The number of nitrogens with one attached hydrogen (secondary N) is 1. The number of hydrogen-bond donors (Lipinski definition) is 1. The normalized spacial score (nSPS) is 19.1. The van der Waals surface area contributed by atoms with Gasteiger partial charge >= 0.3 is 0 Å². The molecule has 39 heavy (non-hydrogen) atoms. The smallest absolute Gasteiger partial charge is 0.253 e. The average Bonchev–Trinajstić information content (AvgIpc) is 3.63. The molecule has 6 rings (SSSR count). The number of benzene rings is 2. The molecule has 2 aromatic heterocycles. The average molecular weight is 530 g/mol. The van der Waals surface area contributed by atoms with Crippen molar-refractivity contribution in [2.75, 3.05) is 44.8 Å². The largest absolute Gasteiger partial charge is 0.497 e. The third-order valence-corrected chi connectivity index (χ3v) is 7.96. The number of aromatic amines is 1. The highest BCUT2D eigenvalue weighted by Gasteiger charge is 2.33. The molecular formula is C29H35N7O3. The zero-order chi connectivity index (χ0) is 26.9. The molecule has 204 valence electrons. The quantitative estimate of drug-likeness (QED) is 0.390. The van der Waals surface area contributed by atoms with E-state index in [4.69, 9.17) is 9.47 Å². The fourth-order valence-corrected chi connectivity index (χ4v) is 5.94. The first-order valence-corrected chi connectivity index (χ1v) is 13.6. The predicted molar refractivity (Wildman–Crippen MR) is 149 cm³/mol. The Labute approximate surface area is 227 Å². The number of H-pyrrole nitrogens is 1. The van der Waals surface area contributed by atoms with Crippen LogP contribution >= 0.6 is 0 Å². The summed E-state index contributed by atoms with van der Waals surface area (Å²) in [5.74, 6) is 1.52. The van der Waals surface area contributed by atoms with Gasteiger partial charge in [0.15, 0.2) is 5.82 Å². The van der Waals surface area contributed by atoms with E-state index in [0.29, 0.717) is 17.9 Å². The summed E-state index contributed by atoms with van der Waals surface area (Å²) in [4.78, 5) is 21.5. The van der Waals surface area contributed by atoms with Gasteiger partial charge in [-0.2, -0.15) is 0 Å². The van der Waals surface area contributed by atoms with Crippen molar-refractivity contribution in [1.29, 1.82) is 0 Å². The fraction of sp³-hybridized carbons (Fsp3) is 0.448. The van der Waals surface area contributed by atoms with Crippen LogP contribution in [0.2, 0.25) is 0 Å². The van der Waals surface area contributed by atoms with Gasteiger partial charge in [-0.05, 0) is 84.6 Å². The highest BCUT2D eigenvalue weighted by Crippen LogP contribution is 2.31. The second kappa shape index (κ2) is 10.8. The molecule has 0 aliphatic carbocycles. The molecule has 0 spiro atoms. The number of pyridine rings is 1. The van der Waals surface area contributed by atoms with Gasteiger partial charge in [0.1, 0.15) is 11.8 Å². The molecule has 0 unspecified atom stereocenters. The van der Waals surface area contributed by atoms with Crippen LogP contribution in [0.25, 0.3) is 10.9 Å². The standard InChI is InChI=1S/C29H35N7O3/c1-19-15-20(2)24-17-25(29(37)30-26(24)16-19)27(28-31-32-33-36(28)18-23-5-4-14-39-23)35-12-10-34(11-13-35)21-6-8-22(38-3)9-7-21/h6-9,15-17,23,27H,4-5,10-14,18H2,1-3H3,(H,30,37)/t23-,27-/m1/s1. The first-order chi connectivity index (χ1) is 19.0. The highest BCUT2D eigenvalue weighted by molar-refractivity contribution is 5.83. The Balaban J connectivity index is 1.36. The third kappa shape index (κ3) is 5.14. The van der Waals surface area contributed by atoms with Gasteiger partial charge in [0.05, 0.1) is 19.8 Å². The van der Waals surface area contributed by atoms with E-state index in [1.807, 2.05) is 35.9 Å². The molecule has 10 heteroatoms. The van der Waals surface area contributed by atoms with Gasteiger partial charge in [-0.15, -0.1) is 5.10 Å². The zero-order valence-corrected chi connectivity index (χ0v) is 22.8. The van der Waals surface area contributed by atoms with E-state index in [0.717, 1.165) is 79.1 Å². The summed E-state index contributed by atoms with van der Waals surface area (Å²) in [5, 5.41) is 13.9. The molecule has 2 aliphatic heterocycles. The van der Waals surface area contributed by atoms with E-state index in [-0.39, 0.29) is 17.7 Å². The molecule has 2 aromatic carbocycles. The maximum Gasteiger partial charge on any atom is 0.253 e. The van der Waals surface area contributed by atoms with Gasteiger partial charge < -0.3 is 19.4 Å². The fourth-order valence-electron chi connectivity index (χ4n) is 5.94. The van der Waals surface area contributed by atoms with E-state index < -0.39 is 0 Å². The summed E-state index contributed by atoms with van der Waals surface area (Å²) in [6, 6.07) is 14.0. The molecule has 0 amide bonds. The number of anilines is 1. The Morgan fingerprint density at radius 1 is 1.10 bits per heavy atom. The van der Waals surface area contributed by atoms with E-state index in [9.17, 15) is 4.79 Å². The summed E-state index contributed by atoms with van der Waals surface area (Å²) in [7, 11) is 1.68. The van der Waals surface area contributed by atoms with Crippen molar-refractivity contribution in [2.24, 2.45) is 0 Å². The van der Waals surface area contributed by atoms with Crippen LogP contribution in [0.4, 0.5) is 5.69 Å². The van der Waals surface area contributed by atoms with Gasteiger partial charge in [-0.3, -0.25) is 9.69 Å². The lowest BCUT2D eigenvalue weighted by Crippen LogP contribution is -2.49. The molecule has 0 radical (unpaired) electrons. The topological polar surface area (TPSA) is 101 Å². The molecule has 2 saturated heterocycles. The Kier molecular flexibility index (Phi) is 7.05. The summed E-state index contributed by atoms with van der Waals surface area (Å²) in [6.45, 7) is 8.63. The molecule has 2 atom stereocenters. The Bertz CT molecular complexity index is 1500. The van der Waals surface area contributed by atoms with Crippen LogP contribution in [0, 0.1) is 13.8 Å². The molecule has 10 nitrogen and oxygen atoms in total. The summed E-state index contributed by atoms with van der Waals surface area (Å²) in [5.41, 5.74) is 4.81. The van der Waals surface area contributed by atoms with Crippen molar-refractivity contribution in [3.05, 3.63) is 75.3 Å². The number of hydrogen-bond acceptors (Lipinski definition) is 8. The minimum atomic E-state index is -0.381. The first-order valence-electron chi connectivity index (χ1n) is 13.6. The van der Waals surface area contributed by atoms with Crippen LogP contribution in [0.5, 0.6) is 5.75 Å². The second-order valence-electron chi connectivity index (χ2n) is 10.6. The lowest BCUT2D eigenvalue weighted by atomic mass is 9.99. The lowest BCUT2D eigenvalue weighted by Gasteiger charge is -2.39. The molecule has 2 aliphatic rings. The molecular weight excluding hydrogens is 494 g/mol. The van der Waals surface area contributed by atoms with Crippen LogP contribution in [-0.4, -0.2) is 76.1 Å². The Morgan fingerprint density at radius 3 is 2.62 bits per heavy atom. The van der Waals surface area contributed by atoms with Crippen LogP contribution in [0.15, 0.2) is 47.3 Å². The van der Waals surface area contributed by atoms with Crippen LogP contribution < -0.4 is 15.2 Å². The minimum Gasteiger partial charge on any atom is -0.497 e. The molecule has 2 fully saturated rings. The molecule has 4 aromatic rings. The van der Waals surface area contributed by atoms with Crippen molar-refractivity contribution in [1.82, 2.24) is 30.1 Å². The van der Waals surface area contributed by atoms with Crippen molar-refractivity contribution in [3.63, 3.8) is 0 Å².